The molecule has 3 rings (SSSR count). The van der Waals surface area contributed by atoms with E-state index in [9.17, 15) is 17.6 Å². The molecule has 0 amide bonds. The van der Waals surface area contributed by atoms with Gasteiger partial charge in [0, 0.05) is 19.7 Å². The van der Waals surface area contributed by atoms with Crippen molar-refractivity contribution in [3.8, 4) is 17.1 Å². The monoisotopic (exact) mass is 463 g/mol. The van der Waals surface area contributed by atoms with Gasteiger partial charge in [0.1, 0.15) is 16.5 Å². The van der Waals surface area contributed by atoms with Crippen molar-refractivity contribution in [2.24, 2.45) is 0 Å². The topological polar surface area (TPSA) is 112 Å². The molecule has 9 nitrogen and oxygen atoms in total. The van der Waals surface area contributed by atoms with Gasteiger partial charge in [-0.15, -0.1) is 0 Å². The summed E-state index contributed by atoms with van der Waals surface area (Å²) in [6.45, 7) is 3.16. The van der Waals surface area contributed by atoms with Gasteiger partial charge in [-0.05, 0) is 43.7 Å². The van der Waals surface area contributed by atoms with E-state index in [0.717, 1.165) is 4.31 Å². The van der Waals surface area contributed by atoms with Crippen LogP contribution in [0.4, 0.5) is 4.39 Å². The molecule has 0 aliphatic heterocycles. The number of sulfonamides is 1. The Kier molecular flexibility index (Phi) is 6.60. The zero-order valence-corrected chi connectivity index (χ0v) is 18.9. The Morgan fingerprint density at radius 2 is 1.91 bits per heavy atom. The van der Waals surface area contributed by atoms with Crippen LogP contribution in [0, 0.1) is 12.7 Å². The fourth-order valence-corrected chi connectivity index (χ4v) is 3.81. The standard InChI is InChI=1S/C21H22FN3O6S/c1-12-6-7-14(10-16(12)22)19-23-20(31-24-19)13(2)30-21(26)15-8-9-17(29-5)18(11-15)32(27,28)25(3)4/h6-11,13H,1-5H3/t13-/m1/s1. The van der Waals surface area contributed by atoms with Crippen molar-refractivity contribution < 1.29 is 31.6 Å². The molecule has 11 heteroatoms. The lowest BCUT2D eigenvalue weighted by atomic mass is 10.1. The van der Waals surface area contributed by atoms with Crippen molar-refractivity contribution in [1.29, 1.82) is 0 Å². The molecule has 0 radical (unpaired) electrons. The van der Waals surface area contributed by atoms with Crippen LogP contribution in [0.25, 0.3) is 11.4 Å². The average molecular weight is 463 g/mol. The van der Waals surface area contributed by atoms with Gasteiger partial charge in [-0.25, -0.2) is 21.9 Å². The molecule has 0 aliphatic rings. The fraction of sp³-hybridized carbons (Fsp3) is 0.286. The summed E-state index contributed by atoms with van der Waals surface area (Å²) in [5.74, 6) is -0.961. The molecule has 2 aromatic carbocycles. The van der Waals surface area contributed by atoms with Gasteiger partial charge in [0.15, 0.2) is 6.10 Å². The molecule has 0 bridgehead atoms. The van der Waals surface area contributed by atoms with E-state index in [1.165, 1.54) is 52.4 Å². The second-order valence-electron chi connectivity index (χ2n) is 7.12. The van der Waals surface area contributed by atoms with E-state index in [-0.39, 0.29) is 27.9 Å². The summed E-state index contributed by atoms with van der Waals surface area (Å²) in [6, 6.07) is 8.45. The second kappa shape index (κ2) is 9.05. The van der Waals surface area contributed by atoms with Crippen molar-refractivity contribution in [1.82, 2.24) is 14.4 Å². The number of carbonyl (C=O) groups excluding carboxylic acids is 1. The smallest absolute Gasteiger partial charge is 0.338 e. The molecule has 0 unspecified atom stereocenters. The molecule has 0 N–H and O–H groups in total. The Bertz CT molecular complexity index is 1260. The highest BCUT2D eigenvalue weighted by atomic mass is 32.2. The van der Waals surface area contributed by atoms with Gasteiger partial charge in [-0.3, -0.25) is 0 Å². The molecule has 0 aliphatic carbocycles. The van der Waals surface area contributed by atoms with Crippen molar-refractivity contribution in [3.05, 3.63) is 59.2 Å². The lowest BCUT2D eigenvalue weighted by molar-refractivity contribution is 0.0265. The summed E-state index contributed by atoms with van der Waals surface area (Å²) in [5.41, 5.74) is 0.892. The normalized spacial score (nSPS) is 12.6. The molecule has 1 atom stereocenters. The van der Waals surface area contributed by atoms with Crippen LogP contribution >= 0.6 is 0 Å². The van der Waals surface area contributed by atoms with Gasteiger partial charge in [0.2, 0.25) is 15.8 Å². The van der Waals surface area contributed by atoms with Gasteiger partial charge in [0.05, 0.1) is 12.7 Å². The number of methoxy groups -OCH3 is 1. The van der Waals surface area contributed by atoms with E-state index in [1.54, 1.807) is 19.1 Å². The predicted octanol–water partition coefficient (Wildman–Crippen LogP) is 3.36. The summed E-state index contributed by atoms with van der Waals surface area (Å²) >= 11 is 0. The summed E-state index contributed by atoms with van der Waals surface area (Å²) in [5, 5.41) is 3.80. The van der Waals surface area contributed by atoms with Crippen LogP contribution in [0.3, 0.4) is 0 Å². The number of aromatic nitrogens is 2. The van der Waals surface area contributed by atoms with Gasteiger partial charge >= 0.3 is 5.97 Å². The van der Waals surface area contributed by atoms with Crippen LogP contribution < -0.4 is 4.74 Å². The minimum Gasteiger partial charge on any atom is -0.495 e. The van der Waals surface area contributed by atoms with Crippen LogP contribution in [0.1, 0.15) is 34.8 Å². The Morgan fingerprint density at radius 3 is 2.53 bits per heavy atom. The maximum atomic E-state index is 13.8. The highest BCUT2D eigenvalue weighted by Gasteiger charge is 2.26. The van der Waals surface area contributed by atoms with E-state index in [0.29, 0.717) is 11.1 Å². The van der Waals surface area contributed by atoms with E-state index in [1.807, 2.05) is 0 Å². The van der Waals surface area contributed by atoms with Crippen molar-refractivity contribution in [2.45, 2.75) is 24.8 Å². The number of carbonyl (C=O) groups is 1. The molecule has 32 heavy (non-hydrogen) atoms. The molecule has 1 aromatic heterocycles. The van der Waals surface area contributed by atoms with E-state index >= 15 is 0 Å². The fourth-order valence-electron chi connectivity index (χ4n) is 2.73. The summed E-state index contributed by atoms with van der Waals surface area (Å²) in [7, 11) is 0.209. The Labute approximate surface area is 184 Å². The van der Waals surface area contributed by atoms with Crippen LogP contribution in [0.15, 0.2) is 45.8 Å². The molecule has 0 spiro atoms. The van der Waals surface area contributed by atoms with Gasteiger partial charge in [-0.2, -0.15) is 4.98 Å². The Balaban J connectivity index is 1.82. The molecular weight excluding hydrogens is 441 g/mol. The largest absolute Gasteiger partial charge is 0.495 e. The molecule has 170 valence electrons. The number of esters is 1. The lowest BCUT2D eigenvalue weighted by Crippen LogP contribution is -2.23. The third-order valence-electron chi connectivity index (χ3n) is 4.66. The highest BCUT2D eigenvalue weighted by molar-refractivity contribution is 7.89. The highest BCUT2D eigenvalue weighted by Crippen LogP contribution is 2.28. The summed E-state index contributed by atoms with van der Waals surface area (Å²) in [6.07, 6.45) is -0.935. The summed E-state index contributed by atoms with van der Waals surface area (Å²) in [4.78, 5) is 16.6. The van der Waals surface area contributed by atoms with Crippen LogP contribution in [0.5, 0.6) is 5.75 Å². The first-order valence-corrected chi connectivity index (χ1v) is 10.9. The molecule has 1 heterocycles. The van der Waals surface area contributed by atoms with Crippen molar-refractivity contribution in [2.75, 3.05) is 21.2 Å². The minimum absolute atomic E-state index is 0.00146. The van der Waals surface area contributed by atoms with Gasteiger partial charge < -0.3 is 14.0 Å². The predicted molar refractivity (Wildman–Crippen MR) is 112 cm³/mol. The first-order chi connectivity index (χ1) is 15.0. The lowest BCUT2D eigenvalue weighted by Gasteiger charge is -2.16. The third-order valence-corrected chi connectivity index (χ3v) is 6.50. The Morgan fingerprint density at radius 1 is 1.19 bits per heavy atom. The van der Waals surface area contributed by atoms with Gasteiger partial charge in [0.25, 0.3) is 5.89 Å². The number of nitrogens with zero attached hydrogens (tertiary/aromatic N) is 3. The average Bonchev–Trinajstić information content (AvgIpc) is 3.25. The number of hydrogen-bond donors (Lipinski definition) is 0. The zero-order valence-electron chi connectivity index (χ0n) is 18.1. The van der Waals surface area contributed by atoms with Crippen LogP contribution in [0.2, 0.25) is 0 Å². The number of hydrogen-bond acceptors (Lipinski definition) is 8. The number of aryl methyl sites for hydroxylation is 1. The van der Waals surface area contributed by atoms with Crippen molar-refractivity contribution in [3.63, 3.8) is 0 Å². The van der Waals surface area contributed by atoms with E-state index < -0.39 is 27.9 Å². The summed E-state index contributed by atoms with van der Waals surface area (Å²) < 4.78 is 55.5. The minimum atomic E-state index is -3.86. The number of ether oxygens (including phenoxy) is 2. The molecule has 0 saturated carbocycles. The maximum Gasteiger partial charge on any atom is 0.338 e. The van der Waals surface area contributed by atoms with Crippen molar-refractivity contribution >= 4 is 16.0 Å². The maximum absolute atomic E-state index is 13.8. The van der Waals surface area contributed by atoms with E-state index in [2.05, 4.69) is 10.1 Å². The van der Waals surface area contributed by atoms with Crippen LogP contribution in [-0.2, 0) is 14.8 Å². The third kappa shape index (κ3) is 4.63. The first kappa shape index (κ1) is 23.4. The Hall–Kier alpha value is -3.31. The molecular formula is C21H22FN3O6S. The SMILES string of the molecule is COc1ccc(C(=O)O[C@H](C)c2nc(-c3ccc(C)c(F)c3)no2)cc1S(=O)(=O)N(C)C. The number of rotatable bonds is 7. The molecule has 3 aromatic rings. The molecule has 0 fully saturated rings. The molecule has 0 saturated heterocycles. The van der Waals surface area contributed by atoms with Crippen LogP contribution in [-0.4, -0.2) is 50.0 Å². The second-order valence-corrected chi connectivity index (χ2v) is 9.24. The van der Waals surface area contributed by atoms with Gasteiger partial charge in [-0.1, -0.05) is 17.3 Å². The number of benzene rings is 2. The number of halogens is 1. The zero-order chi connectivity index (χ0) is 23.6. The quantitative estimate of drug-likeness (QED) is 0.491. The first-order valence-electron chi connectivity index (χ1n) is 9.46. The van der Waals surface area contributed by atoms with E-state index in [4.69, 9.17) is 14.0 Å².